The summed E-state index contributed by atoms with van der Waals surface area (Å²) in [5, 5.41) is 0. The van der Waals surface area contributed by atoms with E-state index in [1.807, 2.05) is 18.3 Å². The number of ether oxygens (including phenoxy) is 2. The SMILES string of the molecule is Cc1cccc(-c2ccc(CN3CCO[C@H](c4ccc5c(c4C)COC5=O)C3)cn2)c1. The normalized spacial score (nSPS) is 18.6. The van der Waals surface area contributed by atoms with Crippen LogP contribution in [0, 0.1) is 13.8 Å². The minimum absolute atomic E-state index is 0.00530. The summed E-state index contributed by atoms with van der Waals surface area (Å²) in [7, 11) is 0. The standard InChI is InChI=1S/C26H26N2O3/c1-17-4-3-5-20(12-17)24-9-6-19(13-27-24)14-28-10-11-30-25(15-28)21-7-8-22-23(18(21)2)16-31-26(22)29/h3-9,12-13,25H,10-11,14-16H2,1-2H3/t25-/m0/s1. The van der Waals surface area contributed by atoms with E-state index in [9.17, 15) is 4.79 Å². The van der Waals surface area contributed by atoms with Crippen molar-refractivity contribution in [3.8, 4) is 11.3 Å². The van der Waals surface area contributed by atoms with Gasteiger partial charge in [-0.3, -0.25) is 9.88 Å². The number of pyridine rings is 1. The molecule has 0 aliphatic carbocycles. The average Bonchev–Trinajstić information content (AvgIpc) is 3.16. The molecule has 0 saturated carbocycles. The Labute approximate surface area is 182 Å². The molecule has 2 aliphatic heterocycles. The Bertz CT molecular complexity index is 1120. The van der Waals surface area contributed by atoms with Crippen LogP contribution in [0.1, 0.15) is 44.3 Å². The first-order chi connectivity index (χ1) is 15.1. The third-order valence-electron chi connectivity index (χ3n) is 6.25. The number of hydrogen-bond acceptors (Lipinski definition) is 5. The molecule has 1 aromatic heterocycles. The van der Waals surface area contributed by atoms with Crippen molar-refractivity contribution < 1.29 is 14.3 Å². The summed E-state index contributed by atoms with van der Waals surface area (Å²) >= 11 is 0. The maximum absolute atomic E-state index is 11.8. The number of fused-ring (bicyclic) bond motifs is 1. The summed E-state index contributed by atoms with van der Waals surface area (Å²) in [5.41, 5.74) is 8.52. The number of aryl methyl sites for hydroxylation is 1. The van der Waals surface area contributed by atoms with Gasteiger partial charge < -0.3 is 9.47 Å². The monoisotopic (exact) mass is 414 g/mol. The lowest BCUT2D eigenvalue weighted by Crippen LogP contribution is -2.38. The molecule has 158 valence electrons. The highest BCUT2D eigenvalue weighted by Crippen LogP contribution is 2.32. The maximum atomic E-state index is 11.8. The molecule has 2 aliphatic rings. The molecule has 1 saturated heterocycles. The van der Waals surface area contributed by atoms with E-state index in [2.05, 4.69) is 60.1 Å². The summed E-state index contributed by atoms with van der Waals surface area (Å²) in [4.78, 5) is 18.9. The molecular weight excluding hydrogens is 388 g/mol. The van der Waals surface area contributed by atoms with Crippen LogP contribution in [-0.2, 0) is 22.6 Å². The molecule has 0 spiro atoms. The van der Waals surface area contributed by atoms with Gasteiger partial charge in [-0.15, -0.1) is 0 Å². The zero-order valence-corrected chi connectivity index (χ0v) is 17.9. The minimum atomic E-state index is -0.225. The number of carbonyl (C=O) groups excluding carboxylic acids is 1. The number of morpholine rings is 1. The van der Waals surface area contributed by atoms with Crippen molar-refractivity contribution >= 4 is 5.97 Å². The number of hydrogen-bond donors (Lipinski definition) is 0. The predicted octanol–water partition coefficient (Wildman–Crippen LogP) is 4.61. The van der Waals surface area contributed by atoms with Gasteiger partial charge in [0.25, 0.3) is 0 Å². The predicted molar refractivity (Wildman–Crippen MR) is 119 cm³/mol. The van der Waals surface area contributed by atoms with Crippen molar-refractivity contribution in [1.82, 2.24) is 9.88 Å². The molecule has 31 heavy (non-hydrogen) atoms. The van der Waals surface area contributed by atoms with Crippen LogP contribution < -0.4 is 0 Å². The van der Waals surface area contributed by atoms with E-state index >= 15 is 0 Å². The molecule has 0 radical (unpaired) electrons. The number of cyclic esters (lactones) is 1. The first kappa shape index (κ1) is 19.9. The molecule has 3 aromatic rings. The molecule has 0 bridgehead atoms. The second kappa shape index (κ2) is 8.25. The van der Waals surface area contributed by atoms with Crippen LogP contribution in [-0.4, -0.2) is 35.5 Å². The van der Waals surface area contributed by atoms with E-state index in [1.165, 1.54) is 11.1 Å². The Morgan fingerprint density at radius 2 is 2.03 bits per heavy atom. The highest BCUT2D eigenvalue weighted by atomic mass is 16.5. The second-order valence-corrected chi connectivity index (χ2v) is 8.40. The highest BCUT2D eigenvalue weighted by molar-refractivity contribution is 5.93. The Morgan fingerprint density at radius 3 is 2.84 bits per heavy atom. The number of nitrogens with zero attached hydrogens (tertiary/aromatic N) is 2. The number of esters is 1. The summed E-state index contributed by atoms with van der Waals surface area (Å²) in [6, 6.07) is 16.6. The van der Waals surface area contributed by atoms with E-state index in [4.69, 9.17) is 9.47 Å². The van der Waals surface area contributed by atoms with Crippen LogP contribution in [0.5, 0.6) is 0 Å². The van der Waals surface area contributed by atoms with Gasteiger partial charge in [-0.1, -0.05) is 35.9 Å². The topological polar surface area (TPSA) is 51.7 Å². The fraction of sp³-hybridized carbons (Fsp3) is 0.308. The second-order valence-electron chi connectivity index (χ2n) is 8.40. The molecule has 0 unspecified atom stereocenters. The summed E-state index contributed by atoms with van der Waals surface area (Å²) < 4.78 is 11.3. The molecule has 0 N–H and O–H groups in total. The lowest BCUT2D eigenvalue weighted by molar-refractivity contribution is -0.0332. The van der Waals surface area contributed by atoms with Gasteiger partial charge >= 0.3 is 5.97 Å². The van der Waals surface area contributed by atoms with Gasteiger partial charge in [-0.05, 0) is 48.7 Å². The van der Waals surface area contributed by atoms with Gasteiger partial charge in [0.15, 0.2) is 0 Å². The molecular formula is C26H26N2O3. The Balaban J connectivity index is 1.29. The summed E-state index contributed by atoms with van der Waals surface area (Å²) in [6.07, 6.45) is 1.97. The summed E-state index contributed by atoms with van der Waals surface area (Å²) in [6.45, 7) is 7.75. The van der Waals surface area contributed by atoms with Crippen LogP contribution >= 0.6 is 0 Å². The van der Waals surface area contributed by atoms with E-state index in [0.29, 0.717) is 18.8 Å². The van der Waals surface area contributed by atoms with Gasteiger partial charge in [0.1, 0.15) is 6.61 Å². The third-order valence-corrected chi connectivity index (χ3v) is 6.25. The van der Waals surface area contributed by atoms with Crippen LogP contribution in [0.4, 0.5) is 0 Å². The average molecular weight is 415 g/mol. The molecule has 2 aromatic carbocycles. The molecule has 1 atom stereocenters. The number of benzene rings is 2. The van der Waals surface area contributed by atoms with Gasteiger partial charge in [0, 0.05) is 37.0 Å². The Morgan fingerprint density at radius 1 is 1.13 bits per heavy atom. The Kier molecular flexibility index (Phi) is 5.30. The maximum Gasteiger partial charge on any atom is 0.338 e. The Hall–Kier alpha value is -3.02. The number of aromatic nitrogens is 1. The smallest absolute Gasteiger partial charge is 0.338 e. The van der Waals surface area contributed by atoms with Crippen LogP contribution in [0.25, 0.3) is 11.3 Å². The molecule has 5 nitrogen and oxygen atoms in total. The number of carbonyl (C=O) groups is 1. The van der Waals surface area contributed by atoms with Crippen molar-refractivity contribution in [3.05, 3.63) is 88.1 Å². The van der Waals surface area contributed by atoms with Crippen LogP contribution in [0.2, 0.25) is 0 Å². The van der Waals surface area contributed by atoms with Crippen molar-refractivity contribution in [2.24, 2.45) is 0 Å². The zero-order chi connectivity index (χ0) is 21.4. The van der Waals surface area contributed by atoms with Crippen molar-refractivity contribution in [1.29, 1.82) is 0 Å². The van der Waals surface area contributed by atoms with E-state index in [1.54, 1.807) is 0 Å². The largest absolute Gasteiger partial charge is 0.457 e. The van der Waals surface area contributed by atoms with Gasteiger partial charge in [-0.2, -0.15) is 0 Å². The zero-order valence-electron chi connectivity index (χ0n) is 17.9. The van der Waals surface area contributed by atoms with E-state index in [-0.39, 0.29) is 12.1 Å². The number of rotatable bonds is 4. The fourth-order valence-electron chi connectivity index (χ4n) is 4.50. The molecule has 3 heterocycles. The molecule has 5 heteroatoms. The van der Waals surface area contributed by atoms with E-state index < -0.39 is 0 Å². The van der Waals surface area contributed by atoms with Crippen molar-refractivity contribution in [3.63, 3.8) is 0 Å². The minimum Gasteiger partial charge on any atom is -0.457 e. The van der Waals surface area contributed by atoms with E-state index in [0.717, 1.165) is 47.6 Å². The lowest BCUT2D eigenvalue weighted by atomic mass is 9.94. The lowest BCUT2D eigenvalue weighted by Gasteiger charge is -2.34. The van der Waals surface area contributed by atoms with Crippen molar-refractivity contribution in [2.45, 2.75) is 33.1 Å². The molecule has 1 fully saturated rings. The van der Waals surface area contributed by atoms with Gasteiger partial charge in [-0.25, -0.2) is 4.79 Å². The van der Waals surface area contributed by atoms with Crippen LogP contribution in [0.3, 0.4) is 0 Å². The van der Waals surface area contributed by atoms with Gasteiger partial charge in [0.2, 0.25) is 0 Å². The van der Waals surface area contributed by atoms with Crippen molar-refractivity contribution in [2.75, 3.05) is 19.7 Å². The third kappa shape index (κ3) is 3.99. The quantitative estimate of drug-likeness (QED) is 0.584. The first-order valence-corrected chi connectivity index (χ1v) is 10.7. The molecule has 5 rings (SSSR count). The first-order valence-electron chi connectivity index (χ1n) is 10.7. The highest BCUT2D eigenvalue weighted by Gasteiger charge is 2.29. The molecule has 0 amide bonds. The van der Waals surface area contributed by atoms with Crippen LogP contribution in [0.15, 0.2) is 54.7 Å². The van der Waals surface area contributed by atoms with Gasteiger partial charge in [0.05, 0.1) is 24.0 Å². The fourth-order valence-corrected chi connectivity index (χ4v) is 4.50. The summed E-state index contributed by atoms with van der Waals surface area (Å²) in [5.74, 6) is -0.225.